The van der Waals surface area contributed by atoms with Crippen LogP contribution in [-0.4, -0.2) is 25.0 Å². The number of aryl methyl sites for hydroxylation is 1. The van der Waals surface area contributed by atoms with E-state index in [1.807, 2.05) is 0 Å². The van der Waals surface area contributed by atoms with E-state index in [9.17, 15) is 23.3 Å². The number of anilines is 1. The molecule has 9 heteroatoms. The summed E-state index contributed by atoms with van der Waals surface area (Å²) in [6.45, 7) is 5.12. The molecule has 0 unspecified atom stereocenters. The van der Waals surface area contributed by atoms with Crippen LogP contribution in [0.4, 0.5) is 11.4 Å². The number of amides is 1. The Labute approximate surface area is 155 Å². The molecule has 0 fully saturated rings. The van der Waals surface area contributed by atoms with Crippen LogP contribution in [0.5, 0.6) is 0 Å². The van der Waals surface area contributed by atoms with Crippen LogP contribution in [0.15, 0.2) is 53.9 Å². The number of rotatable bonds is 6. The normalized spacial score (nSPS) is 11.0. The summed E-state index contributed by atoms with van der Waals surface area (Å²) in [5.74, 6) is -0.830. The van der Waals surface area contributed by atoms with E-state index in [4.69, 9.17) is 11.6 Å². The predicted molar refractivity (Wildman–Crippen MR) is 99.5 cm³/mol. The number of sulfone groups is 1. The Morgan fingerprint density at radius 2 is 2.00 bits per heavy atom. The number of non-ortho nitro benzene ring substituents is 1. The van der Waals surface area contributed by atoms with E-state index in [1.54, 1.807) is 13.0 Å². The maximum atomic E-state index is 12.4. The lowest BCUT2D eigenvalue weighted by atomic mass is 10.1. The highest BCUT2D eigenvalue weighted by molar-refractivity contribution is 7.91. The maximum Gasteiger partial charge on any atom is 0.270 e. The van der Waals surface area contributed by atoms with Crippen molar-refractivity contribution in [3.63, 3.8) is 0 Å². The van der Waals surface area contributed by atoms with E-state index in [0.29, 0.717) is 11.3 Å². The molecule has 1 N–H and O–H groups in total. The molecular weight excluding hydrogens is 380 g/mol. The van der Waals surface area contributed by atoms with Gasteiger partial charge in [0.1, 0.15) is 0 Å². The number of hydrogen-bond donors (Lipinski definition) is 1. The zero-order chi connectivity index (χ0) is 19.5. The van der Waals surface area contributed by atoms with Gasteiger partial charge in [-0.25, -0.2) is 8.42 Å². The number of nitro benzene ring substituents is 1. The molecule has 2 aromatic carbocycles. The molecule has 0 saturated carbocycles. The van der Waals surface area contributed by atoms with Gasteiger partial charge in [0.25, 0.3) is 11.6 Å². The lowest BCUT2D eigenvalue weighted by Crippen LogP contribution is -2.14. The molecular formula is C17H15ClN2O5S. The van der Waals surface area contributed by atoms with Gasteiger partial charge in [-0.1, -0.05) is 23.7 Å². The molecule has 0 aliphatic carbocycles. The second kappa shape index (κ2) is 7.67. The van der Waals surface area contributed by atoms with E-state index in [0.717, 1.165) is 6.07 Å². The molecule has 136 valence electrons. The lowest BCUT2D eigenvalue weighted by Gasteiger charge is -2.11. The molecule has 0 aromatic heterocycles. The van der Waals surface area contributed by atoms with Crippen molar-refractivity contribution in [1.82, 2.24) is 0 Å². The van der Waals surface area contributed by atoms with Crippen LogP contribution in [0, 0.1) is 17.0 Å². The monoisotopic (exact) mass is 394 g/mol. The van der Waals surface area contributed by atoms with Crippen molar-refractivity contribution < 1.29 is 18.1 Å². The summed E-state index contributed by atoms with van der Waals surface area (Å²) in [6.07, 6.45) is 1.28. The second-order valence-electron chi connectivity index (χ2n) is 5.42. The molecule has 0 aliphatic heterocycles. The highest BCUT2D eigenvalue weighted by Gasteiger charge is 2.18. The van der Waals surface area contributed by atoms with Crippen LogP contribution >= 0.6 is 11.6 Å². The van der Waals surface area contributed by atoms with Crippen molar-refractivity contribution in [3.05, 3.63) is 75.3 Å². The Morgan fingerprint density at radius 3 is 2.58 bits per heavy atom. The van der Waals surface area contributed by atoms with Gasteiger partial charge >= 0.3 is 0 Å². The highest BCUT2D eigenvalue weighted by Crippen LogP contribution is 2.25. The minimum atomic E-state index is -3.54. The number of benzene rings is 2. The van der Waals surface area contributed by atoms with Crippen molar-refractivity contribution in [3.8, 4) is 0 Å². The Hall–Kier alpha value is -2.71. The number of nitrogens with zero attached hydrogens (tertiary/aromatic N) is 1. The minimum absolute atomic E-state index is 0.0380. The Balaban J connectivity index is 2.35. The van der Waals surface area contributed by atoms with Gasteiger partial charge in [0.2, 0.25) is 0 Å². The van der Waals surface area contributed by atoms with Gasteiger partial charge < -0.3 is 5.32 Å². The molecule has 0 radical (unpaired) electrons. The topological polar surface area (TPSA) is 106 Å². The van der Waals surface area contributed by atoms with Gasteiger partial charge in [-0.05, 0) is 30.7 Å². The molecule has 2 aromatic rings. The van der Waals surface area contributed by atoms with Gasteiger partial charge in [0.15, 0.2) is 9.84 Å². The summed E-state index contributed by atoms with van der Waals surface area (Å²) in [5.41, 5.74) is 0.750. The molecule has 0 aliphatic rings. The standard InChI is InChI=1S/C17H15ClN2O5S/c1-3-8-26(24,25)13-6-4-11(2)16(10-13)19-17(21)14-7-5-12(20(22)23)9-15(14)18/h3-7,9-10H,1,8H2,2H3,(H,19,21). The predicted octanol–water partition coefficient (Wildman–Crippen LogP) is 3.77. The number of nitrogens with one attached hydrogen (secondary N) is 1. The first kappa shape index (κ1) is 19.6. The Kier molecular flexibility index (Phi) is 5.79. The smallest absolute Gasteiger partial charge is 0.270 e. The maximum absolute atomic E-state index is 12.4. The van der Waals surface area contributed by atoms with Crippen molar-refractivity contribution in [2.45, 2.75) is 11.8 Å². The number of hydrogen-bond acceptors (Lipinski definition) is 5. The van der Waals surface area contributed by atoms with E-state index >= 15 is 0 Å². The van der Waals surface area contributed by atoms with Crippen LogP contribution in [0.1, 0.15) is 15.9 Å². The zero-order valence-corrected chi connectivity index (χ0v) is 15.3. The average molecular weight is 395 g/mol. The van der Waals surface area contributed by atoms with Crippen LogP contribution in [0.25, 0.3) is 0 Å². The highest BCUT2D eigenvalue weighted by atomic mass is 35.5. The fraction of sp³-hybridized carbons (Fsp3) is 0.118. The Morgan fingerprint density at radius 1 is 1.31 bits per heavy atom. The van der Waals surface area contributed by atoms with E-state index in [2.05, 4.69) is 11.9 Å². The summed E-state index contributed by atoms with van der Waals surface area (Å²) in [7, 11) is -3.54. The summed E-state index contributed by atoms with van der Waals surface area (Å²) in [4.78, 5) is 22.6. The van der Waals surface area contributed by atoms with Gasteiger partial charge in [0.05, 0.1) is 26.2 Å². The fourth-order valence-electron chi connectivity index (χ4n) is 2.17. The first-order valence-electron chi connectivity index (χ1n) is 7.35. The average Bonchev–Trinajstić information content (AvgIpc) is 2.56. The number of carbonyl (C=O) groups is 1. The van der Waals surface area contributed by atoms with Gasteiger partial charge in [-0.3, -0.25) is 14.9 Å². The first-order valence-corrected chi connectivity index (χ1v) is 9.38. The molecule has 0 atom stereocenters. The molecule has 0 heterocycles. The summed E-state index contributed by atoms with van der Waals surface area (Å²) >= 11 is 5.95. The Bertz CT molecular complexity index is 1000. The van der Waals surface area contributed by atoms with Crippen LogP contribution in [0.3, 0.4) is 0 Å². The number of nitro groups is 1. The molecule has 0 spiro atoms. The van der Waals surface area contributed by atoms with Crippen molar-refractivity contribution in [2.75, 3.05) is 11.1 Å². The van der Waals surface area contributed by atoms with Crippen molar-refractivity contribution in [1.29, 1.82) is 0 Å². The quantitative estimate of drug-likeness (QED) is 0.456. The van der Waals surface area contributed by atoms with Crippen LogP contribution in [-0.2, 0) is 9.84 Å². The first-order chi connectivity index (χ1) is 12.2. The van der Waals surface area contributed by atoms with Crippen LogP contribution < -0.4 is 5.32 Å². The number of halogens is 1. The van der Waals surface area contributed by atoms with E-state index < -0.39 is 20.7 Å². The van der Waals surface area contributed by atoms with Crippen molar-refractivity contribution >= 4 is 38.7 Å². The second-order valence-corrected chi connectivity index (χ2v) is 7.86. The fourth-order valence-corrected chi connectivity index (χ4v) is 3.51. The third kappa shape index (κ3) is 4.27. The molecule has 1 amide bonds. The zero-order valence-electron chi connectivity index (χ0n) is 13.7. The van der Waals surface area contributed by atoms with E-state index in [-0.39, 0.29) is 26.9 Å². The lowest BCUT2D eigenvalue weighted by molar-refractivity contribution is -0.384. The minimum Gasteiger partial charge on any atom is -0.322 e. The third-order valence-corrected chi connectivity index (χ3v) is 5.52. The van der Waals surface area contributed by atoms with E-state index in [1.165, 1.54) is 30.3 Å². The van der Waals surface area contributed by atoms with Gasteiger partial charge in [-0.15, -0.1) is 6.58 Å². The van der Waals surface area contributed by atoms with Gasteiger partial charge in [0, 0.05) is 17.8 Å². The largest absolute Gasteiger partial charge is 0.322 e. The SMILES string of the molecule is C=CCS(=O)(=O)c1ccc(C)c(NC(=O)c2ccc([N+](=O)[O-])cc2Cl)c1. The summed E-state index contributed by atoms with van der Waals surface area (Å²) in [5, 5.41) is 13.2. The van der Waals surface area contributed by atoms with Crippen molar-refractivity contribution in [2.24, 2.45) is 0 Å². The summed E-state index contributed by atoms with van der Waals surface area (Å²) < 4.78 is 24.3. The molecule has 26 heavy (non-hydrogen) atoms. The summed E-state index contributed by atoms with van der Waals surface area (Å²) in [6, 6.07) is 7.85. The third-order valence-electron chi connectivity index (χ3n) is 3.56. The number of carbonyl (C=O) groups excluding carboxylic acids is 1. The molecule has 7 nitrogen and oxygen atoms in total. The van der Waals surface area contributed by atoms with Crippen LogP contribution in [0.2, 0.25) is 5.02 Å². The molecule has 2 rings (SSSR count). The molecule has 0 saturated heterocycles. The molecule has 0 bridgehead atoms. The van der Waals surface area contributed by atoms with Gasteiger partial charge in [-0.2, -0.15) is 0 Å².